The zero-order valence-corrected chi connectivity index (χ0v) is 29.2. The highest BCUT2D eigenvalue weighted by Crippen LogP contribution is 2.40. The van der Waals surface area contributed by atoms with Crippen LogP contribution in [0.25, 0.3) is 0 Å². The van der Waals surface area contributed by atoms with E-state index in [0.29, 0.717) is 0 Å². The van der Waals surface area contributed by atoms with Crippen LogP contribution in [0.5, 0.6) is 0 Å². The van der Waals surface area contributed by atoms with Crippen LogP contribution in [0.4, 0.5) is 0 Å². The van der Waals surface area contributed by atoms with E-state index in [1.54, 1.807) is 13.8 Å². The van der Waals surface area contributed by atoms with E-state index in [1.807, 2.05) is 19.6 Å². The van der Waals surface area contributed by atoms with Crippen molar-refractivity contribution in [1.82, 2.24) is 0 Å². The second kappa shape index (κ2) is 15.8. The highest BCUT2D eigenvalue weighted by Gasteiger charge is 2.58. The molecule has 3 heterocycles. The first-order valence-electron chi connectivity index (χ1n) is 15.0. The Hall–Kier alpha value is -3.25. The van der Waals surface area contributed by atoms with E-state index >= 15 is 0 Å². The lowest BCUT2D eigenvalue weighted by atomic mass is 9.97. The van der Waals surface area contributed by atoms with Gasteiger partial charge in [-0.15, -0.1) is 0 Å². The highest BCUT2D eigenvalue weighted by atomic mass is 28.4. The first-order chi connectivity index (χ1) is 21.8. The standard InChI is InChI=1S/C29H44N2O15Si/c1-14(32)37-12-20-22(39-15(2)33)24(41-17(4)35)25(42-18(5)36)27(43-20)31-13-30-19(11-38-47(8,9)10)21-23(40-16(3)34)26-28(44-21)46-29(6,7)45-26/h19-28H,11-12H2,1-10H3/t19-,20-,21+,22-,23+,24+,25-,26-,27-,28-/m1/s1. The molecule has 0 aromatic rings. The second-order valence-corrected chi connectivity index (χ2v) is 17.1. The number of ether oxygens (including phenoxy) is 9. The topological polar surface area (TPSA) is 202 Å². The molecule has 264 valence electrons. The van der Waals surface area contributed by atoms with Gasteiger partial charge in [-0.1, -0.05) is 0 Å². The molecule has 0 radical (unpaired) electrons. The zero-order chi connectivity index (χ0) is 35.3. The molecule has 0 aromatic carbocycles. The molecule has 0 aromatic heterocycles. The molecule has 0 N–H and O–H groups in total. The van der Waals surface area contributed by atoms with Gasteiger partial charge < -0.3 is 47.1 Å². The van der Waals surface area contributed by atoms with Gasteiger partial charge in [-0.05, 0) is 33.5 Å². The van der Waals surface area contributed by atoms with Crippen molar-refractivity contribution in [2.75, 3.05) is 13.2 Å². The molecular formula is C29H44N2O15Si. The molecule has 3 fully saturated rings. The zero-order valence-electron chi connectivity index (χ0n) is 28.2. The maximum atomic E-state index is 12.1. The Morgan fingerprint density at radius 1 is 0.766 bits per heavy atom. The molecule has 3 rings (SSSR count). The summed E-state index contributed by atoms with van der Waals surface area (Å²) < 4.78 is 57.0. The minimum absolute atomic E-state index is 0.0160. The van der Waals surface area contributed by atoms with E-state index in [-0.39, 0.29) is 6.61 Å². The number of esters is 5. The van der Waals surface area contributed by atoms with Gasteiger partial charge in [0.2, 0.25) is 0 Å². The van der Waals surface area contributed by atoms with Gasteiger partial charge in [0, 0.05) is 34.6 Å². The lowest BCUT2D eigenvalue weighted by Crippen LogP contribution is -2.61. The van der Waals surface area contributed by atoms with Crippen LogP contribution in [-0.2, 0) is 71.0 Å². The predicted octanol–water partition coefficient (Wildman–Crippen LogP) is 1.27. The fourth-order valence-corrected chi connectivity index (χ4v) is 5.83. The first kappa shape index (κ1) is 38.2. The van der Waals surface area contributed by atoms with E-state index in [4.69, 9.17) is 47.1 Å². The molecule has 0 aliphatic carbocycles. The van der Waals surface area contributed by atoms with Gasteiger partial charge in [0.25, 0.3) is 0 Å². The lowest BCUT2D eigenvalue weighted by molar-refractivity contribution is -0.250. The van der Waals surface area contributed by atoms with Crippen molar-refractivity contribution < 1.29 is 71.0 Å². The molecule has 0 spiro atoms. The SMILES string of the molecule is CC(=O)OC[C@H]1O[C@@H](N=C=N[C@H](CO[Si](C)(C)C)[C@@H]2O[C@@H]3OC(C)(C)O[C@@H]3[C@H]2OC(C)=O)[C@H](OC(C)=O)[C@@H](OC(C)=O)[C@@H]1OC(C)=O. The molecule has 0 unspecified atom stereocenters. The number of nitrogens with zero attached hydrogens (tertiary/aromatic N) is 2. The predicted molar refractivity (Wildman–Crippen MR) is 159 cm³/mol. The summed E-state index contributed by atoms with van der Waals surface area (Å²) in [5.41, 5.74) is 0. The Labute approximate surface area is 273 Å². The molecule has 3 saturated heterocycles. The number of carbonyl (C=O) groups excluding carboxylic acids is 5. The van der Waals surface area contributed by atoms with E-state index in [0.717, 1.165) is 20.8 Å². The molecule has 17 nitrogen and oxygen atoms in total. The number of hydrogen-bond acceptors (Lipinski definition) is 17. The minimum Gasteiger partial charge on any atom is -0.463 e. The summed E-state index contributed by atoms with van der Waals surface area (Å²) in [4.78, 5) is 68.6. The summed E-state index contributed by atoms with van der Waals surface area (Å²) in [5.74, 6) is -4.55. The second-order valence-electron chi connectivity index (χ2n) is 12.6. The third kappa shape index (κ3) is 11.2. The third-order valence-corrected chi connectivity index (χ3v) is 7.80. The molecule has 18 heteroatoms. The molecule has 0 bridgehead atoms. The van der Waals surface area contributed by atoms with Gasteiger partial charge in [0.1, 0.15) is 24.9 Å². The van der Waals surface area contributed by atoms with Gasteiger partial charge in [0.15, 0.2) is 57.1 Å². The summed E-state index contributed by atoms with van der Waals surface area (Å²) in [6, 6.07) is 1.69. The van der Waals surface area contributed by atoms with Crippen LogP contribution >= 0.6 is 0 Å². The van der Waals surface area contributed by atoms with Crippen molar-refractivity contribution in [3.8, 4) is 0 Å². The van der Waals surface area contributed by atoms with Gasteiger partial charge in [-0.3, -0.25) is 24.0 Å². The Balaban J connectivity index is 2.02. The van der Waals surface area contributed by atoms with E-state index < -0.39 is 112 Å². The van der Waals surface area contributed by atoms with Crippen molar-refractivity contribution in [2.24, 2.45) is 9.98 Å². The quantitative estimate of drug-likeness (QED) is 0.123. The van der Waals surface area contributed by atoms with Crippen LogP contribution < -0.4 is 0 Å². The van der Waals surface area contributed by atoms with Gasteiger partial charge >= 0.3 is 29.8 Å². The van der Waals surface area contributed by atoms with Crippen LogP contribution in [0.3, 0.4) is 0 Å². The third-order valence-electron chi connectivity index (χ3n) is 6.77. The van der Waals surface area contributed by atoms with Crippen LogP contribution in [0, 0.1) is 0 Å². The smallest absolute Gasteiger partial charge is 0.303 e. The van der Waals surface area contributed by atoms with Crippen molar-refractivity contribution in [1.29, 1.82) is 0 Å². The average molecular weight is 689 g/mol. The first-order valence-corrected chi connectivity index (χ1v) is 18.4. The number of hydrogen-bond donors (Lipinski definition) is 0. The molecule has 47 heavy (non-hydrogen) atoms. The fourth-order valence-electron chi connectivity index (χ4n) is 5.15. The van der Waals surface area contributed by atoms with Crippen LogP contribution in [0.2, 0.25) is 19.6 Å². The van der Waals surface area contributed by atoms with Crippen molar-refractivity contribution >= 4 is 44.2 Å². The molecule has 0 amide bonds. The molecule has 0 saturated carbocycles. The average Bonchev–Trinajstić information content (AvgIpc) is 3.38. The highest BCUT2D eigenvalue weighted by molar-refractivity contribution is 6.69. The fraction of sp³-hybridized carbons (Fsp3) is 0.793. The Bertz CT molecular complexity index is 1250. The van der Waals surface area contributed by atoms with E-state index in [1.165, 1.54) is 13.8 Å². The number of aliphatic imine (C=N–C) groups is 2. The van der Waals surface area contributed by atoms with E-state index in [9.17, 15) is 24.0 Å². The maximum Gasteiger partial charge on any atom is 0.303 e. The van der Waals surface area contributed by atoms with E-state index in [2.05, 4.69) is 16.0 Å². The summed E-state index contributed by atoms with van der Waals surface area (Å²) >= 11 is 0. The van der Waals surface area contributed by atoms with Crippen LogP contribution in [0.1, 0.15) is 48.5 Å². The molecule has 3 aliphatic rings. The monoisotopic (exact) mass is 688 g/mol. The minimum atomic E-state index is -2.11. The Morgan fingerprint density at radius 3 is 1.87 bits per heavy atom. The van der Waals surface area contributed by atoms with Gasteiger partial charge in [-0.25, -0.2) is 4.99 Å². The van der Waals surface area contributed by atoms with Crippen molar-refractivity contribution in [2.45, 2.75) is 135 Å². The maximum absolute atomic E-state index is 12.1. The molecule has 10 atom stereocenters. The summed E-state index contributed by atoms with van der Waals surface area (Å²) in [6.45, 7) is 14.7. The molecule has 3 aliphatic heterocycles. The Kier molecular flexibility index (Phi) is 12.8. The number of fused-ring (bicyclic) bond motifs is 1. The Morgan fingerprint density at radius 2 is 1.32 bits per heavy atom. The molecular weight excluding hydrogens is 644 g/mol. The van der Waals surface area contributed by atoms with Crippen molar-refractivity contribution in [3.63, 3.8) is 0 Å². The summed E-state index contributed by atoms with van der Waals surface area (Å²) in [5, 5.41) is 0. The summed E-state index contributed by atoms with van der Waals surface area (Å²) in [7, 11) is -2.11. The van der Waals surface area contributed by atoms with Gasteiger partial charge in [-0.2, -0.15) is 4.99 Å². The van der Waals surface area contributed by atoms with Gasteiger partial charge in [0.05, 0.1) is 12.6 Å². The normalized spacial score (nSPS) is 31.7. The van der Waals surface area contributed by atoms with Crippen LogP contribution in [-0.4, -0.2) is 124 Å². The van der Waals surface area contributed by atoms with Crippen LogP contribution in [0.15, 0.2) is 9.98 Å². The number of rotatable bonds is 12. The number of carbonyl (C=O) groups is 5. The summed E-state index contributed by atoms with van der Waals surface area (Å²) in [6.07, 6.45) is -10.3. The largest absolute Gasteiger partial charge is 0.463 e. The van der Waals surface area contributed by atoms with Crippen molar-refractivity contribution in [3.05, 3.63) is 0 Å². The lowest BCUT2D eigenvalue weighted by Gasteiger charge is -2.42.